The smallest absolute Gasteiger partial charge is 0.129 e. The Bertz CT molecular complexity index is 348. The number of hydrogen-bond acceptors (Lipinski definition) is 2. The largest absolute Gasteiger partial charge is 0.357 e. The van der Waals surface area contributed by atoms with Crippen LogP contribution in [0, 0.1) is 5.92 Å². The first kappa shape index (κ1) is 12.7. The Hall–Kier alpha value is -0.760. The number of anilines is 1. The van der Waals surface area contributed by atoms with Gasteiger partial charge in [0, 0.05) is 24.7 Å². The minimum Gasteiger partial charge on any atom is -0.357 e. The Kier molecular flexibility index (Phi) is 4.27. The van der Waals surface area contributed by atoms with Gasteiger partial charge in [-0.05, 0) is 42.9 Å². The van der Waals surface area contributed by atoms with E-state index in [1.54, 1.807) is 0 Å². The fourth-order valence-electron chi connectivity index (χ4n) is 2.29. The average Bonchev–Trinajstić information content (AvgIpc) is 2.39. The van der Waals surface area contributed by atoms with Crippen LogP contribution >= 0.6 is 11.6 Å². The molecule has 1 aromatic heterocycles. The number of halogens is 1. The molecule has 2 nitrogen and oxygen atoms in total. The summed E-state index contributed by atoms with van der Waals surface area (Å²) in [5.41, 5.74) is 2.34. The van der Waals surface area contributed by atoms with E-state index in [4.69, 9.17) is 16.6 Å². The van der Waals surface area contributed by atoms with Crippen molar-refractivity contribution < 1.29 is 0 Å². The Labute approximate surface area is 109 Å². The second-order valence-electron chi connectivity index (χ2n) is 4.98. The number of aromatic nitrogens is 1. The second kappa shape index (κ2) is 5.72. The van der Waals surface area contributed by atoms with Crippen molar-refractivity contribution in [3.05, 3.63) is 23.4 Å². The topological polar surface area (TPSA) is 16.1 Å². The lowest BCUT2D eigenvalue weighted by atomic mass is 9.99. The Morgan fingerprint density at radius 1 is 1.35 bits per heavy atom. The van der Waals surface area contributed by atoms with Gasteiger partial charge >= 0.3 is 0 Å². The molecule has 1 saturated heterocycles. The predicted molar refractivity (Wildman–Crippen MR) is 73.8 cm³/mol. The molecule has 0 bridgehead atoms. The first-order valence-electron chi connectivity index (χ1n) is 6.53. The first-order valence-corrected chi connectivity index (χ1v) is 7.07. The van der Waals surface area contributed by atoms with Crippen LogP contribution in [0.25, 0.3) is 0 Å². The fourth-order valence-corrected chi connectivity index (χ4v) is 2.45. The molecule has 0 atom stereocenters. The second-order valence-corrected chi connectivity index (χ2v) is 5.25. The van der Waals surface area contributed by atoms with Gasteiger partial charge in [-0.15, -0.1) is 11.6 Å². The van der Waals surface area contributed by atoms with Gasteiger partial charge in [0.2, 0.25) is 0 Å². The molecule has 94 valence electrons. The molecule has 0 saturated carbocycles. The van der Waals surface area contributed by atoms with Gasteiger partial charge in [0.25, 0.3) is 0 Å². The lowest BCUT2D eigenvalue weighted by Gasteiger charge is -2.31. The van der Waals surface area contributed by atoms with Crippen molar-refractivity contribution in [2.45, 2.75) is 39.0 Å². The highest BCUT2D eigenvalue weighted by Crippen LogP contribution is 2.23. The zero-order valence-corrected chi connectivity index (χ0v) is 11.5. The van der Waals surface area contributed by atoms with Crippen molar-refractivity contribution in [2.75, 3.05) is 18.0 Å². The maximum atomic E-state index is 5.94. The molecule has 0 unspecified atom stereocenters. The molecule has 0 aromatic carbocycles. The molecule has 1 aliphatic rings. The van der Waals surface area contributed by atoms with E-state index >= 15 is 0 Å². The number of nitrogens with zero attached hydrogens (tertiary/aromatic N) is 2. The van der Waals surface area contributed by atoms with Gasteiger partial charge in [-0.1, -0.05) is 13.8 Å². The lowest BCUT2D eigenvalue weighted by Crippen LogP contribution is -2.33. The summed E-state index contributed by atoms with van der Waals surface area (Å²) < 4.78 is 0. The van der Waals surface area contributed by atoms with E-state index in [0.29, 0.717) is 5.88 Å². The number of rotatable bonds is 3. The summed E-state index contributed by atoms with van der Waals surface area (Å²) in [5, 5.41) is 0. The van der Waals surface area contributed by atoms with Crippen LogP contribution in [-0.4, -0.2) is 18.1 Å². The average molecular weight is 253 g/mol. The van der Waals surface area contributed by atoms with Crippen LogP contribution in [0.15, 0.2) is 12.1 Å². The van der Waals surface area contributed by atoms with Gasteiger partial charge in [-0.2, -0.15) is 0 Å². The Morgan fingerprint density at radius 3 is 2.65 bits per heavy atom. The van der Waals surface area contributed by atoms with E-state index in [9.17, 15) is 0 Å². The van der Waals surface area contributed by atoms with Crippen molar-refractivity contribution >= 4 is 17.4 Å². The van der Waals surface area contributed by atoms with Crippen LogP contribution in [0.4, 0.5) is 5.82 Å². The molecule has 0 N–H and O–H groups in total. The zero-order valence-electron chi connectivity index (χ0n) is 10.7. The number of aryl methyl sites for hydroxylation is 1. The summed E-state index contributed by atoms with van der Waals surface area (Å²) >= 11 is 5.94. The number of alkyl halides is 1. The van der Waals surface area contributed by atoms with Crippen molar-refractivity contribution in [1.29, 1.82) is 0 Å². The van der Waals surface area contributed by atoms with Gasteiger partial charge in [-0.3, -0.25) is 0 Å². The molecule has 2 rings (SSSR count). The van der Waals surface area contributed by atoms with E-state index in [1.165, 1.54) is 18.4 Å². The SMILES string of the molecule is CCc1cc(CCl)cc(N2CCC(C)CC2)n1. The normalized spacial score (nSPS) is 17.5. The summed E-state index contributed by atoms with van der Waals surface area (Å²) in [4.78, 5) is 7.11. The summed E-state index contributed by atoms with van der Waals surface area (Å²) in [6, 6.07) is 4.26. The summed E-state index contributed by atoms with van der Waals surface area (Å²) in [5.74, 6) is 2.55. The Balaban J connectivity index is 2.19. The van der Waals surface area contributed by atoms with Crippen LogP contribution in [0.5, 0.6) is 0 Å². The van der Waals surface area contributed by atoms with E-state index in [1.807, 2.05) is 0 Å². The van der Waals surface area contributed by atoms with Gasteiger partial charge in [0.1, 0.15) is 5.82 Å². The van der Waals surface area contributed by atoms with Crippen LogP contribution in [-0.2, 0) is 12.3 Å². The molecular weight excluding hydrogens is 232 g/mol. The lowest BCUT2D eigenvalue weighted by molar-refractivity contribution is 0.436. The van der Waals surface area contributed by atoms with Crippen molar-refractivity contribution in [1.82, 2.24) is 4.98 Å². The highest BCUT2D eigenvalue weighted by Gasteiger charge is 2.17. The maximum absolute atomic E-state index is 5.94. The van der Waals surface area contributed by atoms with E-state index in [2.05, 4.69) is 30.9 Å². The minimum atomic E-state index is 0.576. The third-order valence-electron chi connectivity index (χ3n) is 3.55. The molecular formula is C14H21ClN2. The van der Waals surface area contributed by atoms with Gasteiger partial charge in [0.15, 0.2) is 0 Å². The standard InChI is InChI=1S/C14H21ClN2/c1-3-13-8-12(10-15)9-14(16-13)17-6-4-11(2)5-7-17/h8-9,11H,3-7,10H2,1-2H3. The quantitative estimate of drug-likeness (QED) is 0.764. The number of piperidine rings is 1. The Morgan fingerprint density at radius 2 is 2.06 bits per heavy atom. The van der Waals surface area contributed by atoms with Crippen molar-refractivity contribution in [3.63, 3.8) is 0 Å². The van der Waals surface area contributed by atoms with Gasteiger partial charge in [-0.25, -0.2) is 4.98 Å². The highest BCUT2D eigenvalue weighted by molar-refractivity contribution is 6.17. The maximum Gasteiger partial charge on any atom is 0.129 e. The van der Waals surface area contributed by atoms with Crippen LogP contribution in [0.1, 0.15) is 37.9 Å². The predicted octanol–water partition coefficient (Wildman–Crippen LogP) is 3.62. The molecule has 2 heterocycles. The fraction of sp³-hybridized carbons (Fsp3) is 0.643. The summed E-state index contributed by atoms with van der Waals surface area (Å²) in [6.45, 7) is 6.73. The molecule has 3 heteroatoms. The van der Waals surface area contributed by atoms with Crippen molar-refractivity contribution in [3.8, 4) is 0 Å². The minimum absolute atomic E-state index is 0.576. The third-order valence-corrected chi connectivity index (χ3v) is 3.86. The zero-order chi connectivity index (χ0) is 12.3. The summed E-state index contributed by atoms with van der Waals surface area (Å²) in [7, 11) is 0. The van der Waals surface area contributed by atoms with Crippen LogP contribution < -0.4 is 4.90 Å². The monoisotopic (exact) mass is 252 g/mol. The molecule has 1 fully saturated rings. The molecule has 0 aliphatic carbocycles. The third kappa shape index (κ3) is 3.12. The highest BCUT2D eigenvalue weighted by atomic mass is 35.5. The molecule has 1 aliphatic heterocycles. The molecule has 0 amide bonds. The molecule has 1 aromatic rings. The molecule has 0 spiro atoms. The van der Waals surface area contributed by atoms with E-state index in [0.717, 1.165) is 36.9 Å². The molecule has 17 heavy (non-hydrogen) atoms. The van der Waals surface area contributed by atoms with Crippen LogP contribution in [0.2, 0.25) is 0 Å². The van der Waals surface area contributed by atoms with Gasteiger partial charge < -0.3 is 4.90 Å². The molecule has 0 radical (unpaired) electrons. The van der Waals surface area contributed by atoms with Crippen molar-refractivity contribution in [2.24, 2.45) is 5.92 Å². The van der Waals surface area contributed by atoms with E-state index in [-0.39, 0.29) is 0 Å². The number of pyridine rings is 1. The first-order chi connectivity index (χ1) is 8.22. The van der Waals surface area contributed by atoms with E-state index < -0.39 is 0 Å². The summed E-state index contributed by atoms with van der Waals surface area (Å²) in [6.07, 6.45) is 3.52. The van der Waals surface area contributed by atoms with Crippen LogP contribution in [0.3, 0.4) is 0 Å². The van der Waals surface area contributed by atoms with Gasteiger partial charge in [0.05, 0.1) is 0 Å². The number of hydrogen-bond donors (Lipinski definition) is 0.